The molecule has 124 valence electrons. The summed E-state index contributed by atoms with van der Waals surface area (Å²) in [5, 5.41) is 28.9. The molecule has 0 unspecified atom stereocenters. The third-order valence-corrected chi connectivity index (χ3v) is 4.10. The van der Waals surface area contributed by atoms with Crippen LogP contribution in [-0.2, 0) is 11.3 Å². The molecule has 0 radical (unpaired) electrons. The van der Waals surface area contributed by atoms with Crippen molar-refractivity contribution in [3.8, 4) is 0 Å². The Labute approximate surface area is 131 Å². The van der Waals surface area contributed by atoms with Gasteiger partial charge in [-0.25, -0.2) is 4.79 Å². The van der Waals surface area contributed by atoms with Gasteiger partial charge in [0.05, 0.1) is 13.2 Å². The van der Waals surface area contributed by atoms with E-state index >= 15 is 0 Å². The molecule has 0 bridgehead atoms. The van der Waals surface area contributed by atoms with Crippen LogP contribution in [0.1, 0.15) is 12.6 Å². The standard InChI is InChI=1S/C15H18N2O6/c18-8-10-12(20)13(21)14(23-10)16-6-5-11(19)17(15(16)22)7-9-3-1-2-4-9/h1-3,5-6,10,12-14,18,20-21H,4,7-8H2/t10-,12-,13-,14-/m1/s1. The molecular weight excluding hydrogens is 304 g/mol. The summed E-state index contributed by atoms with van der Waals surface area (Å²) in [6.07, 6.45) is 2.71. The minimum atomic E-state index is -1.37. The van der Waals surface area contributed by atoms with Crippen molar-refractivity contribution in [2.24, 2.45) is 0 Å². The van der Waals surface area contributed by atoms with Crippen LogP contribution >= 0.6 is 0 Å². The van der Waals surface area contributed by atoms with Crippen LogP contribution in [0, 0.1) is 0 Å². The second-order valence-corrected chi connectivity index (χ2v) is 5.62. The van der Waals surface area contributed by atoms with E-state index in [-0.39, 0.29) is 6.54 Å². The van der Waals surface area contributed by atoms with Gasteiger partial charge in [0.2, 0.25) is 0 Å². The van der Waals surface area contributed by atoms with E-state index in [1.165, 1.54) is 12.3 Å². The van der Waals surface area contributed by atoms with Gasteiger partial charge in [-0.05, 0) is 12.0 Å². The first-order chi connectivity index (χ1) is 11.0. The number of nitrogens with zero attached hydrogens (tertiary/aromatic N) is 2. The fraction of sp³-hybridized carbons (Fsp3) is 0.467. The summed E-state index contributed by atoms with van der Waals surface area (Å²) in [6.45, 7) is -0.331. The second-order valence-electron chi connectivity index (χ2n) is 5.62. The van der Waals surface area contributed by atoms with Gasteiger partial charge in [-0.3, -0.25) is 13.9 Å². The highest BCUT2D eigenvalue weighted by molar-refractivity contribution is 5.22. The molecule has 0 amide bonds. The topological polar surface area (TPSA) is 114 Å². The molecule has 2 heterocycles. The maximum absolute atomic E-state index is 12.6. The lowest BCUT2D eigenvalue weighted by Crippen LogP contribution is -2.43. The largest absolute Gasteiger partial charge is 0.394 e. The van der Waals surface area contributed by atoms with Gasteiger partial charge >= 0.3 is 5.69 Å². The van der Waals surface area contributed by atoms with Crippen molar-refractivity contribution in [3.05, 3.63) is 56.9 Å². The zero-order valence-corrected chi connectivity index (χ0v) is 12.3. The summed E-state index contributed by atoms with van der Waals surface area (Å²) < 4.78 is 7.45. The molecule has 4 atom stereocenters. The van der Waals surface area contributed by atoms with Gasteiger partial charge in [0.1, 0.15) is 18.3 Å². The molecule has 2 aliphatic rings. The fourth-order valence-electron chi connectivity index (χ4n) is 2.79. The number of hydrogen-bond acceptors (Lipinski definition) is 6. The Morgan fingerprint density at radius 1 is 1.26 bits per heavy atom. The Morgan fingerprint density at radius 2 is 2.04 bits per heavy atom. The highest BCUT2D eigenvalue weighted by Gasteiger charge is 2.43. The van der Waals surface area contributed by atoms with Crippen LogP contribution in [0.2, 0.25) is 0 Å². The van der Waals surface area contributed by atoms with Gasteiger partial charge in [0, 0.05) is 12.3 Å². The zero-order valence-electron chi connectivity index (χ0n) is 12.3. The third kappa shape index (κ3) is 2.81. The van der Waals surface area contributed by atoms with Crippen molar-refractivity contribution < 1.29 is 20.1 Å². The SMILES string of the molecule is O=c1ccn([C@@H]2O[C@H](CO)[C@@H](O)[C@H]2O)c(=O)n1CC1=CC=CC1. The molecule has 23 heavy (non-hydrogen) atoms. The van der Waals surface area contributed by atoms with Gasteiger partial charge in [-0.1, -0.05) is 18.2 Å². The van der Waals surface area contributed by atoms with Gasteiger partial charge in [-0.15, -0.1) is 0 Å². The normalized spacial score (nSPS) is 30.0. The summed E-state index contributed by atoms with van der Waals surface area (Å²) in [5.41, 5.74) is -0.172. The molecule has 1 aromatic heterocycles. The molecule has 1 saturated heterocycles. The molecule has 0 saturated carbocycles. The lowest BCUT2D eigenvalue weighted by molar-refractivity contribution is -0.0555. The van der Waals surface area contributed by atoms with Crippen molar-refractivity contribution >= 4 is 0 Å². The lowest BCUT2D eigenvalue weighted by Gasteiger charge is -2.18. The molecule has 8 nitrogen and oxygen atoms in total. The Hall–Kier alpha value is -2.00. The molecule has 0 spiro atoms. The van der Waals surface area contributed by atoms with E-state index in [0.29, 0.717) is 6.42 Å². The monoisotopic (exact) mass is 322 g/mol. The zero-order chi connectivity index (χ0) is 16.6. The summed E-state index contributed by atoms with van der Waals surface area (Å²) in [6, 6.07) is 1.21. The maximum Gasteiger partial charge on any atom is 0.333 e. The van der Waals surface area contributed by atoms with Crippen LogP contribution in [0.5, 0.6) is 0 Å². The average Bonchev–Trinajstić information content (AvgIpc) is 3.14. The van der Waals surface area contributed by atoms with E-state index in [0.717, 1.165) is 14.7 Å². The molecule has 0 aromatic carbocycles. The molecular formula is C15H18N2O6. The van der Waals surface area contributed by atoms with E-state index in [1.807, 2.05) is 18.2 Å². The highest BCUT2D eigenvalue weighted by Crippen LogP contribution is 2.27. The maximum atomic E-state index is 12.6. The number of aliphatic hydroxyl groups is 3. The minimum absolute atomic E-state index is 0.153. The van der Waals surface area contributed by atoms with Crippen LogP contribution in [0.25, 0.3) is 0 Å². The van der Waals surface area contributed by atoms with Gasteiger partial charge in [-0.2, -0.15) is 0 Å². The smallest absolute Gasteiger partial charge is 0.333 e. The highest BCUT2D eigenvalue weighted by atomic mass is 16.6. The molecule has 1 aliphatic heterocycles. The Morgan fingerprint density at radius 3 is 2.65 bits per heavy atom. The van der Waals surface area contributed by atoms with Gasteiger partial charge in [0.15, 0.2) is 6.23 Å². The molecule has 1 fully saturated rings. The van der Waals surface area contributed by atoms with Crippen LogP contribution in [-0.4, -0.2) is 49.4 Å². The van der Waals surface area contributed by atoms with Crippen LogP contribution < -0.4 is 11.2 Å². The lowest BCUT2D eigenvalue weighted by atomic mass is 10.1. The van der Waals surface area contributed by atoms with Crippen molar-refractivity contribution in [2.75, 3.05) is 6.61 Å². The van der Waals surface area contributed by atoms with Gasteiger partial charge in [0.25, 0.3) is 5.56 Å². The van der Waals surface area contributed by atoms with E-state index in [9.17, 15) is 19.8 Å². The first kappa shape index (κ1) is 15.9. The quantitative estimate of drug-likeness (QED) is 0.622. The number of hydrogen-bond donors (Lipinski definition) is 3. The number of rotatable bonds is 4. The molecule has 1 aromatic rings. The fourth-order valence-corrected chi connectivity index (χ4v) is 2.79. The molecule has 3 rings (SSSR count). The Bertz CT molecular complexity index is 762. The number of aliphatic hydroxyl groups excluding tert-OH is 3. The van der Waals surface area contributed by atoms with Crippen LogP contribution in [0.3, 0.4) is 0 Å². The predicted molar refractivity (Wildman–Crippen MR) is 79.8 cm³/mol. The minimum Gasteiger partial charge on any atom is -0.394 e. The number of allylic oxidation sites excluding steroid dienone is 4. The first-order valence-corrected chi connectivity index (χ1v) is 7.32. The van der Waals surface area contributed by atoms with E-state index in [4.69, 9.17) is 9.84 Å². The second kappa shape index (κ2) is 6.25. The summed E-state index contributed by atoms with van der Waals surface area (Å²) in [7, 11) is 0. The van der Waals surface area contributed by atoms with E-state index in [2.05, 4.69) is 0 Å². The summed E-state index contributed by atoms with van der Waals surface area (Å²) in [4.78, 5) is 24.5. The molecule has 8 heteroatoms. The average molecular weight is 322 g/mol. The van der Waals surface area contributed by atoms with E-state index < -0.39 is 42.4 Å². The Balaban J connectivity index is 1.95. The van der Waals surface area contributed by atoms with Crippen molar-refractivity contribution in [1.82, 2.24) is 9.13 Å². The van der Waals surface area contributed by atoms with E-state index in [1.54, 1.807) is 0 Å². The third-order valence-electron chi connectivity index (χ3n) is 4.10. The first-order valence-electron chi connectivity index (χ1n) is 7.32. The summed E-state index contributed by atoms with van der Waals surface area (Å²) in [5.74, 6) is 0. The molecule has 1 aliphatic carbocycles. The Kier molecular flexibility index (Phi) is 4.31. The summed E-state index contributed by atoms with van der Waals surface area (Å²) >= 11 is 0. The van der Waals surface area contributed by atoms with Gasteiger partial charge < -0.3 is 20.1 Å². The molecule has 3 N–H and O–H groups in total. The van der Waals surface area contributed by atoms with Crippen molar-refractivity contribution in [2.45, 2.75) is 37.5 Å². The predicted octanol–water partition coefficient (Wildman–Crippen LogP) is -1.49. The number of aromatic nitrogens is 2. The van der Waals surface area contributed by atoms with Crippen molar-refractivity contribution in [1.29, 1.82) is 0 Å². The van der Waals surface area contributed by atoms with Crippen LogP contribution in [0.4, 0.5) is 0 Å². The van der Waals surface area contributed by atoms with Crippen molar-refractivity contribution in [3.63, 3.8) is 0 Å². The van der Waals surface area contributed by atoms with Crippen LogP contribution in [0.15, 0.2) is 45.7 Å². The number of ether oxygens (including phenoxy) is 1.